The maximum atomic E-state index is 13.9. The van der Waals surface area contributed by atoms with Crippen molar-refractivity contribution in [1.82, 2.24) is 9.80 Å². The predicted octanol–water partition coefficient (Wildman–Crippen LogP) is 2.83. The Morgan fingerprint density at radius 1 is 1.06 bits per heavy atom. The Labute approximate surface area is 208 Å². The fraction of sp³-hybridized carbons (Fsp3) is 0.423. The van der Waals surface area contributed by atoms with Gasteiger partial charge < -0.3 is 14.8 Å². The van der Waals surface area contributed by atoms with Crippen molar-refractivity contribution in [2.75, 3.05) is 32.6 Å². The molecule has 3 saturated heterocycles. The maximum absolute atomic E-state index is 13.9. The quantitative estimate of drug-likeness (QED) is 0.642. The van der Waals surface area contributed by atoms with Crippen LogP contribution >= 0.6 is 11.6 Å². The molecular formula is C26H26ClN3O5. The first-order valence-corrected chi connectivity index (χ1v) is 12.2. The number of rotatable bonds is 5. The molecule has 4 aliphatic rings. The monoisotopic (exact) mass is 495 g/mol. The average Bonchev–Trinajstić information content (AvgIpc) is 3.56. The highest BCUT2D eigenvalue weighted by molar-refractivity contribution is 6.31. The van der Waals surface area contributed by atoms with Crippen LogP contribution in [0.25, 0.3) is 0 Å². The summed E-state index contributed by atoms with van der Waals surface area (Å²) in [7, 11) is 3.14. The third kappa shape index (κ3) is 2.93. The number of ether oxygens (including phenoxy) is 2. The van der Waals surface area contributed by atoms with Gasteiger partial charge in [0.15, 0.2) is 11.5 Å². The summed E-state index contributed by atoms with van der Waals surface area (Å²) in [5.41, 5.74) is 1.09. The fourth-order valence-corrected chi connectivity index (χ4v) is 6.90. The van der Waals surface area contributed by atoms with Crippen molar-refractivity contribution < 1.29 is 23.9 Å². The van der Waals surface area contributed by atoms with Gasteiger partial charge >= 0.3 is 0 Å². The number of halogens is 1. The number of imide groups is 1. The molecule has 0 saturated carbocycles. The van der Waals surface area contributed by atoms with Gasteiger partial charge in [-0.2, -0.15) is 0 Å². The number of fused-ring (bicyclic) bond motifs is 7. The summed E-state index contributed by atoms with van der Waals surface area (Å²) in [6.07, 6.45) is 2.15. The molecule has 4 heterocycles. The van der Waals surface area contributed by atoms with E-state index in [1.54, 1.807) is 32.4 Å². The highest BCUT2D eigenvalue weighted by Crippen LogP contribution is 2.60. The molecule has 0 aromatic heterocycles. The van der Waals surface area contributed by atoms with Crippen molar-refractivity contribution in [1.29, 1.82) is 0 Å². The Morgan fingerprint density at radius 2 is 1.86 bits per heavy atom. The second-order valence-electron chi connectivity index (χ2n) is 9.58. The van der Waals surface area contributed by atoms with Crippen LogP contribution in [0.4, 0.5) is 5.69 Å². The third-order valence-corrected chi connectivity index (χ3v) is 8.35. The van der Waals surface area contributed by atoms with Crippen LogP contribution < -0.4 is 14.8 Å². The van der Waals surface area contributed by atoms with Gasteiger partial charge in [0.05, 0.1) is 26.1 Å². The van der Waals surface area contributed by atoms with Crippen molar-refractivity contribution in [3.63, 3.8) is 0 Å². The van der Waals surface area contributed by atoms with Crippen LogP contribution in [0.3, 0.4) is 0 Å². The van der Waals surface area contributed by atoms with E-state index < -0.39 is 17.4 Å². The molecule has 35 heavy (non-hydrogen) atoms. The van der Waals surface area contributed by atoms with E-state index in [4.69, 9.17) is 21.1 Å². The lowest BCUT2D eigenvalue weighted by Crippen LogP contribution is -2.54. The molecule has 2 aromatic rings. The summed E-state index contributed by atoms with van der Waals surface area (Å²) in [5.74, 6) is -0.784. The highest BCUT2D eigenvalue weighted by atomic mass is 35.5. The molecule has 3 amide bonds. The zero-order chi connectivity index (χ0) is 24.5. The molecule has 0 bridgehead atoms. The minimum atomic E-state index is -1.20. The molecule has 2 aromatic carbocycles. The van der Waals surface area contributed by atoms with Crippen LogP contribution in [-0.2, 0) is 26.3 Å². The van der Waals surface area contributed by atoms with Crippen LogP contribution in [0, 0.1) is 11.8 Å². The summed E-state index contributed by atoms with van der Waals surface area (Å²) in [6, 6.07) is 10.7. The van der Waals surface area contributed by atoms with Crippen LogP contribution in [0.1, 0.15) is 24.0 Å². The van der Waals surface area contributed by atoms with Gasteiger partial charge in [0.2, 0.25) is 17.7 Å². The van der Waals surface area contributed by atoms with E-state index in [2.05, 4.69) is 10.2 Å². The Balaban J connectivity index is 1.35. The molecule has 3 fully saturated rings. The second-order valence-corrected chi connectivity index (χ2v) is 10.0. The van der Waals surface area contributed by atoms with E-state index >= 15 is 0 Å². The third-order valence-electron chi connectivity index (χ3n) is 8.12. The number of benzene rings is 2. The number of methoxy groups -OCH3 is 2. The number of nitrogens with one attached hydrogen (secondary N) is 1. The van der Waals surface area contributed by atoms with Crippen molar-refractivity contribution in [2.45, 2.75) is 30.8 Å². The molecule has 9 heteroatoms. The zero-order valence-corrected chi connectivity index (χ0v) is 20.3. The first kappa shape index (κ1) is 22.4. The number of likely N-dealkylation sites (tertiary alicyclic amines) is 1. The first-order valence-electron chi connectivity index (χ1n) is 11.9. The number of anilines is 1. The van der Waals surface area contributed by atoms with Gasteiger partial charge in [-0.1, -0.05) is 17.7 Å². The van der Waals surface area contributed by atoms with Crippen LogP contribution in [0.2, 0.25) is 5.02 Å². The fourth-order valence-electron chi connectivity index (χ4n) is 6.73. The van der Waals surface area contributed by atoms with E-state index in [-0.39, 0.29) is 30.3 Å². The molecule has 8 nitrogen and oxygen atoms in total. The van der Waals surface area contributed by atoms with E-state index in [9.17, 15) is 14.4 Å². The normalized spacial score (nSPS) is 28.9. The lowest BCUT2D eigenvalue weighted by Gasteiger charge is -2.36. The van der Waals surface area contributed by atoms with E-state index in [1.807, 2.05) is 18.2 Å². The number of amides is 3. The number of carbonyl (C=O) groups excluding carboxylic acids is 3. The average molecular weight is 496 g/mol. The number of carbonyl (C=O) groups is 3. The highest BCUT2D eigenvalue weighted by Gasteiger charge is 2.74. The summed E-state index contributed by atoms with van der Waals surface area (Å²) in [6.45, 7) is 0.913. The van der Waals surface area contributed by atoms with Gasteiger partial charge in [-0.25, -0.2) is 0 Å². The Morgan fingerprint density at radius 3 is 2.63 bits per heavy atom. The van der Waals surface area contributed by atoms with Crippen molar-refractivity contribution in [3.8, 4) is 11.5 Å². The largest absolute Gasteiger partial charge is 0.493 e. The lowest BCUT2D eigenvalue weighted by molar-refractivity contribution is -0.145. The SMILES string of the molecule is COc1ccc(CCN2C(=O)[C@@H]3[C@H]4CCCN4[C@@]4(C(=O)Nc5ccc(Cl)cc54)[C@@H]3C2=O)cc1OC. The maximum Gasteiger partial charge on any atom is 0.250 e. The second kappa shape index (κ2) is 7.96. The molecule has 182 valence electrons. The Bertz CT molecular complexity index is 1270. The minimum Gasteiger partial charge on any atom is -0.493 e. The summed E-state index contributed by atoms with van der Waals surface area (Å²) < 4.78 is 10.7. The Kier molecular flexibility index (Phi) is 5.09. The van der Waals surface area contributed by atoms with E-state index in [0.717, 1.165) is 18.4 Å². The molecule has 1 N–H and O–H groups in total. The molecule has 4 atom stereocenters. The van der Waals surface area contributed by atoms with E-state index in [1.165, 1.54) is 4.90 Å². The molecule has 6 rings (SSSR count). The molecule has 1 spiro atoms. The van der Waals surface area contributed by atoms with Crippen LogP contribution in [0.5, 0.6) is 11.5 Å². The minimum absolute atomic E-state index is 0.141. The van der Waals surface area contributed by atoms with Crippen molar-refractivity contribution in [2.24, 2.45) is 11.8 Å². The number of nitrogens with zero attached hydrogens (tertiary/aromatic N) is 2. The lowest BCUT2D eigenvalue weighted by atomic mass is 9.75. The standard InChI is InChI=1S/C26H26ClN3O5/c1-34-19-8-5-14(12-20(19)35-2)9-11-29-23(31)21-18-4-3-10-30(18)26(22(21)24(29)32)16-13-15(27)6-7-17(16)28-25(26)33/h5-8,12-13,18,21-22H,3-4,9-11H2,1-2H3,(H,28,33)/t18-,21-,22+,26-/m1/s1. The molecular weight excluding hydrogens is 470 g/mol. The van der Waals surface area contributed by atoms with Crippen LogP contribution in [-0.4, -0.2) is 60.9 Å². The van der Waals surface area contributed by atoms with Gasteiger partial charge in [0.25, 0.3) is 0 Å². The van der Waals surface area contributed by atoms with Crippen molar-refractivity contribution in [3.05, 3.63) is 52.5 Å². The molecule has 4 aliphatic heterocycles. The van der Waals surface area contributed by atoms with Gasteiger partial charge in [0, 0.05) is 28.9 Å². The van der Waals surface area contributed by atoms with Gasteiger partial charge in [0.1, 0.15) is 5.54 Å². The number of hydrogen-bond donors (Lipinski definition) is 1. The van der Waals surface area contributed by atoms with Gasteiger partial charge in [-0.3, -0.25) is 24.2 Å². The smallest absolute Gasteiger partial charge is 0.250 e. The molecule has 0 unspecified atom stereocenters. The molecule has 0 radical (unpaired) electrons. The molecule has 0 aliphatic carbocycles. The summed E-state index contributed by atoms with van der Waals surface area (Å²) >= 11 is 6.34. The Hall–Kier alpha value is -3.10. The van der Waals surface area contributed by atoms with Gasteiger partial charge in [-0.05, 0) is 61.7 Å². The van der Waals surface area contributed by atoms with Crippen LogP contribution in [0.15, 0.2) is 36.4 Å². The van der Waals surface area contributed by atoms with E-state index in [0.29, 0.717) is 40.7 Å². The number of hydrogen-bond acceptors (Lipinski definition) is 6. The van der Waals surface area contributed by atoms with Gasteiger partial charge in [-0.15, -0.1) is 0 Å². The van der Waals surface area contributed by atoms with Crippen molar-refractivity contribution >= 4 is 35.0 Å². The predicted molar refractivity (Wildman–Crippen MR) is 128 cm³/mol. The summed E-state index contributed by atoms with van der Waals surface area (Å²) in [5, 5.41) is 3.47. The zero-order valence-electron chi connectivity index (χ0n) is 19.5. The topological polar surface area (TPSA) is 88.2 Å². The summed E-state index contributed by atoms with van der Waals surface area (Å²) in [4.78, 5) is 44.7. The first-order chi connectivity index (χ1) is 16.9.